The highest BCUT2D eigenvalue weighted by molar-refractivity contribution is 5.97. The molecule has 0 unspecified atom stereocenters. The Morgan fingerprint density at radius 3 is 2.67 bits per heavy atom. The summed E-state index contributed by atoms with van der Waals surface area (Å²) in [5, 5.41) is 5.76. The molecule has 1 saturated carbocycles. The molecule has 1 atom stereocenters. The quantitative estimate of drug-likeness (QED) is 0.354. The molecule has 2 fully saturated rings. The summed E-state index contributed by atoms with van der Waals surface area (Å²) in [7, 11) is 0. The number of carbonyl (C=O) groups is 2. The third-order valence-corrected chi connectivity index (χ3v) is 7.95. The number of fused-ring (bicyclic) bond motifs is 2. The van der Waals surface area contributed by atoms with Crippen molar-refractivity contribution in [3.05, 3.63) is 68.4 Å². The monoisotopic (exact) mass is 576 g/mol. The minimum atomic E-state index is -0.746. The maximum Gasteiger partial charge on any atom is 0.331 e. The lowest BCUT2D eigenvalue weighted by Crippen LogP contribution is -2.50. The number of halogens is 1. The van der Waals surface area contributed by atoms with Gasteiger partial charge in [0.05, 0.1) is 16.6 Å². The number of oxazole rings is 1. The van der Waals surface area contributed by atoms with Crippen molar-refractivity contribution in [1.29, 1.82) is 0 Å². The van der Waals surface area contributed by atoms with Crippen LogP contribution in [-0.4, -0.2) is 50.1 Å². The fourth-order valence-corrected chi connectivity index (χ4v) is 5.64. The first-order valence-corrected chi connectivity index (χ1v) is 14.3. The van der Waals surface area contributed by atoms with Crippen LogP contribution >= 0.6 is 0 Å². The molecule has 1 aliphatic carbocycles. The van der Waals surface area contributed by atoms with Gasteiger partial charge in [0.15, 0.2) is 11.5 Å². The van der Waals surface area contributed by atoms with Gasteiger partial charge in [0, 0.05) is 50.3 Å². The Morgan fingerprint density at radius 2 is 1.93 bits per heavy atom. The number of carbonyl (C=O) groups excluding carboxylic acids is 2. The van der Waals surface area contributed by atoms with Crippen molar-refractivity contribution in [2.75, 3.05) is 18.4 Å². The van der Waals surface area contributed by atoms with Crippen LogP contribution in [0.15, 0.2) is 44.3 Å². The van der Waals surface area contributed by atoms with Crippen molar-refractivity contribution in [2.45, 2.75) is 65.1 Å². The van der Waals surface area contributed by atoms with Gasteiger partial charge in [-0.2, -0.15) is 0 Å². The summed E-state index contributed by atoms with van der Waals surface area (Å²) in [4.78, 5) is 58.4. The standard InChI is InChI=1S/C30H33FN6O5/c1-16(2)37-25-13-22(31)23(12-21(25)28(39)36(30(37)41)14-18-6-7-18)34-29(40)35-10-4-5-20(15-35)33-27(38)19-8-9-26-24(11-19)32-17(3)42-26/h8-9,11-13,16,18,20H,4-7,10,14-15H2,1-3H3,(H,33,38)(H,34,40)/t20-/m1/s1. The van der Waals surface area contributed by atoms with Gasteiger partial charge < -0.3 is 20.0 Å². The number of nitrogens with zero attached hydrogens (tertiary/aromatic N) is 4. The van der Waals surface area contributed by atoms with Crippen LogP contribution < -0.4 is 21.9 Å². The number of likely N-dealkylation sites (tertiary alicyclic amines) is 1. The second kappa shape index (κ2) is 10.7. The molecule has 3 heterocycles. The predicted octanol–water partition coefficient (Wildman–Crippen LogP) is 4.17. The average molecular weight is 577 g/mol. The molecule has 3 amide bonds. The molecular formula is C30H33FN6O5. The fraction of sp³-hybridized carbons (Fsp3) is 0.433. The van der Waals surface area contributed by atoms with Gasteiger partial charge in [-0.05, 0) is 69.7 Å². The number of hydrogen-bond acceptors (Lipinski definition) is 6. The van der Waals surface area contributed by atoms with Gasteiger partial charge in [0.25, 0.3) is 11.5 Å². The summed E-state index contributed by atoms with van der Waals surface area (Å²) in [6.07, 6.45) is 3.25. The lowest BCUT2D eigenvalue weighted by molar-refractivity contribution is 0.0913. The molecule has 12 heteroatoms. The first kappa shape index (κ1) is 27.7. The summed E-state index contributed by atoms with van der Waals surface area (Å²) in [6.45, 7) is 6.34. The molecule has 2 aliphatic rings. The molecule has 2 aromatic heterocycles. The Labute approximate surface area is 240 Å². The second-order valence-corrected chi connectivity index (χ2v) is 11.6. The Morgan fingerprint density at radius 1 is 1.14 bits per heavy atom. The van der Waals surface area contributed by atoms with E-state index in [9.17, 15) is 19.2 Å². The number of benzene rings is 2. The number of aryl methyl sites for hydroxylation is 1. The number of rotatable bonds is 6. The van der Waals surface area contributed by atoms with Crippen LogP contribution in [0.4, 0.5) is 14.9 Å². The van der Waals surface area contributed by atoms with E-state index in [0.29, 0.717) is 48.5 Å². The topological polar surface area (TPSA) is 131 Å². The highest BCUT2D eigenvalue weighted by Gasteiger charge is 2.28. The van der Waals surface area contributed by atoms with Crippen molar-refractivity contribution in [3.8, 4) is 0 Å². The van der Waals surface area contributed by atoms with E-state index in [1.54, 1.807) is 39.0 Å². The van der Waals surface area contributed by atoms with Crippen LogP contribution in [0, 0.1) is 18.7 Å². The van der Waals surface area contributed by atoms with E-state index in [2.05, 4.69) is 15.6 Å². The summed E-state index contributed by atoms with van der Waals surface area (Å²) >= 11 is 0. The molecule has 11 nitrogen and oxygen atoms in total. The SMILES string of the molecule is Cc1nc2cc(C(=O)N[C@@H]3CCCN(C(=O)Nc4cc5c(=O)n(CC6CC6)c(=O)n(C(C)C)c5cc4F)C3)ccc2o1. The number of amides is 3. The zero-order valence-electron chi connectivity index (χ0n) is 23.8. The lowest BCUT2D eigenvalue weighted by atomic mass is 10.1. The predicted molar refractivity (Wildman–Crippen MR) is 155 cm³/mol. The van der Waals surface area contributed by atoms with E-state index in [0.717, 1.165) is 18.9 Å². The van der Waals surface area contributed by atoms with Crippen LogP contribution in [-0.2, 0) is 6.54 Å². The number of hydrogen-bond donors (Lipinski definition) is 2. The Hall–Kier alpha value is -4.48. The zero-order valence-corrected chi connectivity index (χ0v) is 23.8. The average Bonchev–Trinajstić information content (AvgIpc) is 3.69. The highest BCUT2D eigenvalue weighted by Crippen LogP contribution is 2.30. The molecule has 6 rings (SSSR count). The molecule has 0 spiro atoms. The third-order valence-electron chi connectivity index (χ3n) is 7.95. The van der Waals surface area contributed by atoms with E-state index in [-0.39, 0.29) is 47.0 Å². The van der Waals surface area contributed by atoms with Gasteiger partial charge in [-0.25, -0.2) is 19.0 Å². The first-order valence-electron chi connectivity index (χ1n) is 14.3. The summed E-state index contributed by atoms with van der Waals surface area (Å²) in [5.74, 6) is -0.235. The van der Waals surface area contributed by atoms with Crippen molar-refractivity contribution in [1.82, 2.24) is 24.3 Å². The molecular weight excluding hydrogens is 543 g/mol. The number of anilines is 1. The number of aromatic nitrogens is 3. The van der Waals surface area contributed by atoms with Crippen molar-refractivity contribution < 1.29 is 18.4 Å². The fourth-order valence-electron chi connectivity index (χ4n) is 5.64. The molecule has 42 heavy (non-hydrogen) atoms. The Bertz CT molecular complexity index is 1840. The largest absolute Gasteiger partial charge is 0.441 e. The van der Waals surface area contributed by atoms with Crippen molar-refractivity contribution in [2.24, 2.45) is 5.92 Å². The van der Waals surface area contributed by atoms with E-state index in [4.69, 9.17) is 4.42 Å². The zero-order chi connectivity index (χ0) is 29.7. The van der Waals surface area contributed by atoms with Gasteiger partial charge in [0.1, 0.15) is 11.3 Å². The molecule has 2 aromatic carbocycles. The van der Waals surface area contributed by atoms with E-state index in [1.165, 1.54) is 20.1 Å². The maximum atomic E-state index is 15.3. The molecule has 0 bridgehead atoms. The van der Waals surface area contributed by atoms with Crippen LogP contribution in [0.1, 0.15) is 61.8 Å². The van der Waals surface area contributed by atoms with E-state index >= 15 is 4.39 Å². The minimum absolute atomic E-state index is 0.140. The molecule has 0 radical (unpaired) electrons. The van der Waals surface area contributed by atoms with Gasteiger partial charge in [0.2, 0.25) is 0 Å². The van der Waals surface area contributed by atoms with Gasteiger partial charge in [-0.15, -0.1) is 0 Å². The smallest absolute Gasteiger partial charge is 0.331 e. The third kappa shape index (κ3) is 5.28. The maximum absolute atomic E-state index is 15.3. The minimum Gasteiger partial charge on any atom is -0.441 e. The number of urea groups is 1. The summed E-state index contributed by atoms with van der Waals surface area (Å²) in [6, 6.07) is 6.34. The second-order valence-electron chi connectivity index (χ2n) is 11.6. The Kier molecular flexibility index (Phi) is 7.07. The first-order chi connectivity index (χ1) is 20.1. The summed E-state index contributed by atoms with van der Waals surface area (Å²) < 4.78 is 23.4. The Balaban J connectivity index is 1.20. The van der Waals surface area contributed by atoms with Crippen LogP contribution in [0.25, 0.3) is 22.0 Å². The van der Waals surface area contributed by atoms with Gasteiger partial charge >= 0.3 is 11.7 Å². The molecule has 1 aliphatic heterocycles. The molecule has 220 valence electrons. The molecule has 2 N–H and O–H groups in total. The van der Waals surface area contributed by atoms with Crippen molar-refractivity contribution >= 4 is 39.6 Å². The van der Waals surface area contributed by atoms with Crippen molar-refractivity contribution in [3.63, 3.8) is 0 Å². The normalized spacial score (nSPS) is 17.3. The van der Waals surface area contributed by atoms with Crippen LogP contribution in [0.2, 0.25) is 0 Å². The van der Waals surface area contributed by atoms with Crippen LogP contribution in [0.3, 0.4) is 0 Å². The molecule has 4 aromatic rings. The highest BCUT2D eigenvalue weighted by atomic mass is 19.1. The van der Waals surface area contributed by atoms with Gasteiger partial charge in [-0.3, -0.25) is 18.7 Å². The number of nitrogens with one attached hydrogen (secondary N) is 2. The van der Waals surface area contributed by atoms with Crippen LogP contribution in [0.5, 0.6) is 0 Å². The summed E-state index contributed by atoms with van der Waals surface area (Å²) in [5.41, 5.74) is 0.729. The molecule has 1 saturated heterocycles. The lowest BCUT2D eigenvalue weighted by Gasteiger charge is -2.33. The van der Waals surface area contributed by atoms with Gasteiger partial charge in [-0.1, -0.05) is 0 Å². The van der Waals surface area contributed by atoms with E-state index in [1.807, 2.05) is 0 Å². The number of piperidine rings is 1. The van der Waals surface area contributed by atoms with E-state index < -0.39 is 23.1 Å².